The molecule has 2 aromatic carbocycles. The number of aliphatic hydroxyl groups is 4. The van der Waals surface area contributed by atoms with Gasteiger partial charge in [-0.25, -0.2) is 0 Å². The molecule has 3 heterocycles. The first-order valence-electron chi connectivity index (χ1n) is 12.2. The molecule has 37 heavy (non-hydrogen) atoms. The van der Waals surface area contributed by atoms with E-state index in [1.807, 2.05) is 30.1 Å². The van der Waals surface area contributed by atoms with E-state index in [2.05, 4.69) is 0 Å². The second-order valence-electron chi connectivity index (χ2n) is 9.85. The fraction of sp³-hybridized carbons (Fsp3) is 0.500. The lowest BCUT2D eigenvalue weighted by molar-refractivity contribution is -0.277. The van der Waals surface area contributed by atoms with Gasteiger partial charge in [0.15, 0.2) is 28.8 Å². The van der Waals surface area contributed by atoms with Crippen LogP contribution in [0.3, 0.4) is 0 Å². The summed E-state index contributed by atoms with van der Waals surface area (Å²) in [6.07, 6.45) is -6.12. The molecule has 0 unspecified atom stereocenters. The summed E-state index contributed by atoms with van der Waals surface area (Å²) in [6.45, 7) is 0.123. The number of ether oxygens (including phenoxy) is 5. The summed E-state index contributed by atoms with van der Waals surface area (Å²) in [7, 11) is 3.39. The van der Waals surface area contributed by atoms with E-state index in [4.69, 9.17) is 23.7 Å². The summed E-state index contributed by atoms with van der Waals surface area (Å²) in [5.41, 5.74) is 2.01. The smallest absolute Gasteiger partial charge is 0.231 e. The zero-order chi connectivity index (χ0) is 26.1. The molecule has 4 aliphatic rings. The lowest BCUT2D eigenvalue weighted by Gasteiger charge is -2.43. The Labute approximate surface area is 212 Å². The first-order chi connectivity index (χ1) is 17.8. The van der Waals surface area contributed by atoms with E-state index in [1.54, 1.807) is 6.07 Å². The molecule has 6 rings (SSSR count). The van der Waals surface area contributed by atoms with Gasteiger partial charge in [-0.2, -0.15) is 0 Å². The Morgan fingerprint density at radius 3 is 2.65 bits per heavy atom. The third-order valence-electron chi connectivity index (χ3n) is 7.97. The molecule has 1 saturated heterocycles. The van der Waals surface area contributed by atoms with Crippen molar-refractivity contribution in [2.75, 3.05) is 34.1 Å². The van der Waals surface area contributed by atoms with Gasteiger partial charge in [0.1, 0.15) is 30.0 Å². The van der Waals surface area contributed by atoms with Crippen LogP contribution in [0, 0.1) is 0 Å². The van der Waals surface area contributed by atoms with Crippen molar-refractivity contribution >= 4 is 5.78 Å². The van der Waals surface area contributed by atoms with Gasteiger partial charge in [0, 0.05) is 13.0 Å². The molecule has 4 N–H and O–H groups in total. The molecule has 0 saturated carbocycles. The predicted octanol–water partition coefficient (Wildman–Crippen LogP) is -0.275. The number of nitrogens with zero attached hydrogens (tertiary/aromatic N) is 1. The van der Waals surface area contributed by atoms with Gasteiger partial charge in [-0.1, -0.05) is 6.07 Å². The number of ketones is 1. The van der Waals surface area contributed by atoms with Crippen molar-refractivity contribution in [2.24, 2.45) is 0 Å². The van der Waals surface area contributed by atoms with Crippen molar-refractivity contribution in [3.05, 3.63) is 46.5 Å². The highest BCUT2D eigenvalue weighted by atomic mass is 16.7. The van der Waals surface area contributed by atoms with Crippen LogP contribution >= 0.6 is 0 Å². The molecule has 6 atom stereocenters. The molecule has 2 aromatic rings. The number of methoxy groups -OCH3 is 1. The lowest BCUT2D eigenvalue weighted by Crippen LogP contribution is -2.60. The van der Waals surface area contributed by atoms with Crippen molar-refractivity contribution in [2.45, 2.75) is 49.1 Å². The average molecular weight is 516 g/mol. The van der Waals surface area contributed by atoms with Gasteiger partial charge in [-0.15, -0.1) is 0 Å². The van der Waals surface area contributed by atoms with Crippen LogP contribution in [0.4, 0.5) is 0 Å². The molecule has 0 aromatic heterocycles. The Balaban J connectivity index is 1.42. The van der Waals surface area contributed by atoms with Crippen molar-refractivity contribution in [1.29, 1.82) is 0 Å². The molecule has 198 valence electrons. The standard InChI is InChI=1S/C26H29NO10/c1-27-6-5-12-7-16(33-2)17(36-25-22(31)21(30)20(29)18(10-28)37-25)8-14(12)26(27)9-13-3-4-15-23(35-11-34-15)19(13)24(26)32/h3-4,7-8,18,20-22,25,28-31H,5-6,9-11H2,1-2H3/t18-,20-,21+,22-,25-,26+/m1/s1. The molecule has 1 fully saturated rings. The number of hydrogen-bond acceptors (Lipinski definition) is 11. The largest absolute Gasteiger partial charge is 0.493 e. The van der Waals surface area contributed by atoms with Crippen molar-refractivity contribution in [1.82, 2.24) is 4.90 Å². The fourth-order valence-corrected chi connectivity index (χ4v) is 5.92. The maximum atomic E-state index is 14.2. The first-order valence-corrected chi connectivity index (χ1v) is 12.2. The van der Waals surface area contributed by atoms with E-state index in [-0.39, 0.29) is 18.3 Å². The molecule has 1 aliphatic carbocycles. The van der Waals surface area contributed by atoms with Crippen molar-refractivity contribution in [3.63, 3.8) is 0 Å². The van der Waals surface area contributed by atoms with E-state index in [9.17, 15) is 25.2 Å². The van der Waals surface area contributed by atoms with Crippen LogP contribution in [0.5, 0.6) is 23.0 Å². The third-order valence-corrected chi connectivity index (χ3v) is 7.97. The van der Waals surface area contributed by atoms with E-state index in [0.29, 0.717) is 42.2 Å². The number of carbonyl (C=O) groups excluding carboxylic acids is 1. The van der Waals surface area contributed by atoms with E-state index >= 15 is 0 Å². The Hall–Kier alpha value is -2.93. The molecule has 0 radical (unpaired) electrons. The van der Waals surface area contributed by atoms with Crippen LogP contribution in [-0.2, 0) is 23.1 Å². The first kappa shape index (κ1) is 24.4. The second-order valence-corrected chi connectivity index (χ2v) is 9.85. The second kappa shape index (κ2) is 8.83. The van der Waals surface area contributed by atoms with Gasteiger partial charge < -0.3 is 44.1 Å². The fourth-order valence-electron chi connectivity index (χ4n) is 5.92. The van der Waals surface area contributed by atoms with Gasteiger partial charge in [-0.3, -0.25) is 9.69 Å². The quantitative estimate of drug-likeness (QED) is 0.426. The van der Waals surface area contributed by atoms with Crippen molar-refractivity contribution in [3.8, 4) is 23.0 Å². The third kappa shape index (κ3) is 3.46. The number of fused-ring (bicyclic) bond motifs is 5. The van der Waals surface area contributed by atoms with E-state index in [1.165, 1.54) is 7.11 Å². The predicted molar refractivity (Wildman–Crippen MR) is 126 cm³/mol. The van der Waals surface area contributed by atoms with Gasteiger partial charge >= 0.3 is 0 Å². The van der Waals surface area contributed by atoms with Crippen LogP contribution < -0.4 is 18.9 Å². The number of carbonyl (C=O) groups is 1. The zero-order valence-electron chi connectivity index (χ0n) is 20.4. The summed E-state index contributed by atoms with van der Waals surface area (Å²) >= 11 is 0. The molecular formula is C26H29NO10. The number of hydrogen-bond donors (Lipinski definition) is 4. The summed E-state index contributed by atoms with van der Waals surface area (Å²) in [6, 6.07) is 7.24. The van der Waals surface area contributed by atoms with E-state index in [0.717, 1.165) is 16.7 Å². The number of benzene rings is 2. The summed E-state index contributed by atoms with van der Waals surface area (Å²) < 4.78 is 28.2. The molecule has 11 heteroatoms. The Kier molecular flexibility index (Phi) is 5.82. The summed E-state index contributed by atoms with van der Waals surface area (Å²) in [4.78, 5) is 16.2. The SMILES string of the molecule is COc1cc2c(cc1O[C@@H]1O[C@H](CO)[C@@H](O)[C@H](O)[C@H]1O)[C@]1(Cc3ccc4c(c3C1=O)OCO4)N(C)CC2. The number of aliphatic hydroxyl groups excluding tert-OH is 4. The highest BCUT2D eigenvalue weighted by Crippen LogP contribution is 2.52. The van der Waals surface area contributed by atoms with Crippen molar-refractivity contribution < 1.29 is 48.9 Å². The topological polar surface area (TPSA) is 147 Å². The number of rotatable bonds is 4. The number of Topliss-reactive ketones (excluding diaryl/α,β-unsaturated/α-hetero) is 1. The summed E-state index contributed by atoms with van der Waals surface area (Å²) in [5, 5.41) is 40.4. The Morgan fingerprint density at radius 2 is 1.89 bits per heavy atom. The minimum atomic E-state index is -1.59. The Morgan fingerprint density at radius 1 is 1.08 bits per heavy atom. The van der Waals surface area contributed by atoms with E-state index < -0.39 is 42.9 Å². The van der Waals surface area contributed by atoms with Crippen LogP contribution in [-0.4, -0.2) is 95.9 Å². The molecule has 0 amide bonds. The minimum Gasteiger partial charge on any atom is -0.493 e. The summed E-state index contributed by atoms with van der Waals surface area (Å²) in [5.74, 6) is 1.46. The van der Waals surface area contributed by atoms with Crippen LogP contribution in [0.15, 0.2) is 24.3 Å². The average Bonchev–Trinajstić information content (AvgIpc) is 3.49. The monoisotopic (exact) mass is 515 g/mol. The zero-order valence-corrected chi connectivity index (χ0v) is 20.4. The maximum absolute atomic E-state index is 14.2. The normalized spacial score (nSPS) is 32.4. The maximum Gasteiger partial charge on any atom is 0.231 e. The van der Waals surface area contributed by atoms with Crippen LogP contribution in [0.1, 0.15) is 27.0 Å². The molecule has 1 spiro atoms. The van der Waals surface area contributed by atoms with Gasteiger partial charge in [0.25, 0.3) is 0 Å². The Bertz CT molecular complexity index is 1250. The highest BCUT2D eigenvalue weighted by Gasteiger charge is 2.54. The highest BCUT2D eigenvalue weighted by molar-refractivity contribution is 6.11. The van der Waals surface area contributed by atoms with Crippen LogP contribution in [0.2, 0.25) is 0 Å². The number of likely N-dealkylation sites (N-methyl/N-ethyl adjacent to an activating group) is 1. The van der Waals surface area contributed by atoms with Gasteiger partial charge in [-0.05, 0) is 48.4 Å². The molecular weight excluding hydrogens is 486 g/mol. The molecule has 3 aliphatic heterocycles. The van der Waals surface area contributed by atoms with Gasteiger partial charge in [0.05, 0.1) is 19.3 Å². The van der Waals surface area contributed by atoms with Crippen LogP contribution in [0.25, 0.3) is 0 Å². The molecule has 0 bridgehead atoms. The molecule has 11 nitrogen and oxygen atoms in total. The minimum absolute atomic E-state index is 0.0623. The lowest BCUT2D eigenvalue weighted by atomic mass is 9.77. The van der Waals surface area contributed by atoms with Gasteiger partial charge in [0.2, 0.25) is 13.1 Å².